The standard InChI is InChI=1S/C25H31FN4O3/c1-2-33-25(32)23(18-4-8-20(26)9-5-18)30-15-13-17(14-16-30)3-12-22(31)29-21-10-6-19(7-11-21)24(27)28/h4-11,17,23H,2-3,12-16H2,1H3,(H3,27,28)(H,29,31). The van der Waals surface area contributed by atoms with Crippen LogP contribution in [0, 0.1) is 17.1 Å². The van der Waals surface area contributed by atoms with Gasteiger partial charge in [0.25, 0.3) is 0 Å². The average molecular weight is 455 g/mol. The summed E-state index contributed by atoms with van der Waals surface area (Å²) >= 11 is 0. The Morgan fingerprint density at radius 3 is 2.36 bits per heavy atom. The molecule has 33 heavy (non-hydrogen) atoms. The first kappa shape index (κ1) is 24.4. The van der Waals surface area contributed by atoms with E-state index in [2.05, 4.69) is 10.2 Å². The highest BCUT2D eigenvalue weighted by Crippen LogP contribution is 2.30. The molecule has 3 rings (SSSR count). The summed E-state index contributed by atoms with van der Waals surface area (Å²) in [6.07, 6.45) is 2.93. The van der Waals surface area contributed by atoms with E-state index < -0.39 is 6.04 Å². The first-order chi connectivity index (χ1) is 15.9. The number of amides is 1. The molecule has 1 fully saturated rings. The van der Waals surface area contributed by atoms with Crippen LogP contribution in [-0.2, 0) is 14.3 Å². The van der Waals surface area contributed by atoms with E-state index in [1.807, 2.05) is 0 Å². The first-order valence-corrected chi connectivity index (χ1v) is 11.3. The molecular formula is C25H31FN4O3. The van der Waals surface area contributed by atoms with Crippen molar-refractivity contribution in [3.63, 3.8) is 0 Å². The van der Waals surface area contributed by atoms with Gasteiger partial charge in [-0.25, -0.2) is 9.18 Å². The van der Waals surface area contributed by atoms with E-state index >= 15 is 0 Å². The van der Waals surface area contributed by atoms with Gasteiger partial charge in [-0.3, -0.25) is 15.1 Å². The Labute approximate surface area is 193 Å². The number of carbonyl (C=O) groups excluding carboxylic acids is 2. The Morgan fingerprint density at radius 2 is 1.79 bits per heavy atom. The van der Waals surface area contributed by atoms with Crippen molar-refractivity contribution in [1.82, 2.24) is 4.90 Å². The fourth-order valence-corrected chi connectivity index (χ4v) is 4.15. The van der Waals surface area contributed by atoms with Gasteiger partial charge >= 0.3 is 5.97 Å². The number of amidine groups is 1. The minimum absolute atomic E-state index is 0.0103. The monoisotopic (exact) mass is 454 g/mol. The van der Waals surface area contributed by atoms with Crippen LogP contribution in [0.4, 0.5) is 10.1 Å². The Morgan fingerprint density at radius 1 is 1.15 bits per heavy atom. The number of likely N-dealkylation sites (tertiary alicyclic amines) is 1. The van der Waals surface area contributed by atoms with Crippen LogP contribution in [0.25, 0.3) is 0 Å². The van der Waals surface area contributed by atoms with Crippen molar-refractivity contribution in [2.45, 2.75) is 38.6 Å². The van der Waals surface area contributed by atoms with Crippen molar-refractivity contribution >= 4 is 23.4 Å². The molecule has 0 spiro atoms. The summed E-state index contributed by atoms with van der Waals surface area (Å²) in [7, 11) is 0. The number of nitrogens with one attached hydrogen (secondary N) is 2. The molecule has 1 heterocycles. The largest absolute Gasteiger partial charge is 0.465 e. The highest BCUT2D eigenvalue weighted by atomic mass is 19.1. The number of esters is 1. The van der Waals surface area contributed by atoms with Crippen LogP contribution in [0.15, 0.2) is 48.5 Å². The van der Waals surface area contributed by atoms with Gasteiger partial charge in [0.05, 0.1) is 6.61 Å². The Hall–Kier alpha value is -3.26. The number of hydrogen-bond donors (Lipinski definition) is 3. The van der Waals surface area contributed by atoms with Crippen LogP contribution in [0.3, 0.4) is 0 Å². The van der Waals surface area contributed by atoms with Crippen molar-refractivity contribution in [2.75, 3.05) is 25.0 Å². The molecule has 1 aliphatic heterocycles. The maximum absolute atomic E-state index is 13.4. The van der Waals surface area contributed by atoms with Gasteiger partial charge in [0.15, 0.2) is 0 Å². The molecule has 0 bridgehead atoms. The zero-order valence-corrected chi connectivity index (χ0v) is 18.9. The summed E-state index contributed by atoms with van der Waals surface area (Å²) in [5, 5.41) is 10.3. The maximum Gasteiger partial charge on any atom is 0.327 e. The molecule has 2 aromatic rings. The predicted molar refractivity (Wildman–Crippen MR) is 125 cm³/mol. The number of piperidine rings is 1. The Balaban J connectivity index is 1.50. The molecule has 0 radical (unpaired) electrons. The average Bonchev–Trinajstić information content (AvgIpc) is 2.80. The second-order valence-electron chi connectivity index (χ2n) is 8.26. The van der Waals surface area contributed by atoms with Gasteiger partial charge in [-0.2, -0.15) is 0 Å². The quantitative estimate of drug-likeness (QED) is 0.303. The lowest BCUT2D eigenvalue weighted by atomic mass is 9.90. The van der Waals surface area contributed by atoms with Crippen molar-refractivity contribution < 1.29 is 18.7 Å². The topological polar surface area (TPSA) is 109 Å². The molecule has 0 aromatic heterocycles. The SMILES string of the molecule is CCOC(=O)C(c1ccc(F)cc1)N1CCC(CCC(=O)Nc2ccc(C(=N)N)cc2)CC1. The molecule has 1 saturated heterocycles. The van der Waals surface area contributed by atoms with Gasteiger partial charge in [0, 0.05) is 17.7 Å². The number of rotatable bonds is 9. The van der Waals surface area contributed by atoms with Crippen molar-refractivity contribution in [3.8, 4) is 0 Å². The number of carbonyl (C=O) groups is 2. The van der Waals surface area contributed by atoms with Gasteiger partial charge in [-0.1, -0.05) is 12.1 Å². The molecule has 2 aromatic carbocycles. The van der Waals surface area contributed by atoms with E-state index in [9.17, 15) is 14.0 Å². The van der Waals surface area contributed by atoms with E-state index in [0.29, 0.717) is 43.3 Å². The van der Waals surface area contributed by atoms with Gasteiger partial charge in [-0.05, 0) is 87.2 Å². The molecule has 7 nitrogen and oxygen atoms in total. The smallest absolute Gasteiger partial charge is 0.327 e. The van der Waals surface area contributed by atoms with E-state index in [-0.39, 0.29) is 23.5 Å². The predicted octanol–water partition coefficient (Wildman–Crippen LogP) is 3.84. The molecule has 4 N–H and O–H groups in total. The summed E-state index contributed by atoms with van der Waals surface area (Å²) in [6.45, 7) is 3.48. The molecule has 1 unspecified atom stereocenters. The number of nitrogens with zero attached hydrogens (tertiary/aromatic N) is 1. The molecule has 1 aliphatic rings. The molecule has 1 amide bonds. The lowest BCUT2D eigenvalue weighted by molar-refractivity contribution is -0.150. The summed E-state index contributed by atoms with van der Waals surface area (Å²) < 4.78 is 18.6. The lowest BCUT2D eigenvalue weighted by Crippen LogP contribution is -2.41. The second-order valence-corrected chi connectivity index (χ2v) is 8.26. The van der Waals surface area contributed by atoms with Crippen LogP contribution in [0.2, 0.25) is 0 Å². The van der Waals surface area contributed by atoms with Crippen molar-refractivity contribution in [3.05, 3.63) is 65.5 Å². The number of hydrogen-bond acceptors (Lipinski definition) is 5. The molecule has 8 heteroatoms. The zero-order valence-electron chi connectivity index (χ0n) is 18.9. The molecular weight excluding hydrogens is 423 g/mol. The van der Waals surface area contributed by atoms with E-state index in [4.69, 9.17) is 15.9 Å². The van der Waals surface area contributed by atoms with Crippen molar-refractivity contribution in [1.29, 1.82) is 5.41 Å². The first-order valence-electron chi connectivity index (χ1n) is 11.3. The molecule has 176 valence electrons. The lowest BCUT2D eigenvalue weighted by Gasteiger charge is -2.36. The molecule has 1 atom stereocenters. The third-order valence-corrected chi connectivity index (χ3v) is 5.97. The minimum Gasteiger partial charge on any atom is -0.465 e. The van der Waals surface area contributed by atoms with Crippen LogP contribution < -0.4 is 11.1 Å². The summed E-state index contributed by atoms with van der Waals surface area (Å²) in [6, 6.07) is 12.3. The van der Waals surface area contributed by atoms with Crippen LogP contribution in [0.1, 0.15) is 49.8 Å². The number of benzene rings is 2. The number of halogens is 1. The minimum atomic E-state index is -0.548. The van der Waals surface area contributed by atoms with Crippen LogP contribution >= 0.6 is 0 Å². The summed E-state index contributed by atoms with van der Waals surface area (Å²) in [5.74, 6) is -0.332. The van der Waals surface area contributed by atoms with Crippen molar-refractivity contribution in [2.24, 2.45) is 11.7 Å². The number of nitrogens with two attached hydrogens (primary N) is 1. The van der Waals surface area contributed by atoms with Crippen LogP contribution in [0.5, 0.6) is 0 Å². The third kappa shape index (κ3) is 6.86. The molecule has 0 saturated carbocycles. The highest BCUT2D eigenvalue weighted by molar-refractivity contribution is 5.96. The van der Waals surface area contributed by atoms with Crippen LogP contribution in [-0.4, -0.2) is 42.3 Å². The van der Waals surface area contributed by atoms with Gasteiger partial charge in [0.2, 0.25) is 5.91 Å². The highest BCUT2D eigenvalue weighted by Gasteiger charge is 2.32. The van der Waals surface area contributed by atoms with E-state index in [1.54, 1.807) is 43.3 Å². The molecule has 0 aliphatic carbocycles. The maximum atomic E-state index is 13.4. The fraction of sp³-hybridized carbons (Fsp3) is 0.400. The van der Waals surface area contributed by atoms with Gasteiger partial charge in [0.1, 0.15) is 17.7 Å². The third-order valence-electron chi connectivity index (χ3n) is 5.97. The summed E-state index contributed by atoms with van der Waals surface area (Å²) in [4.78, 5) is 27.0. The fourth-order valence-electron chi connectivity index (χ4n) is 4.15. The normalized spacial score (nSPS) is 15.6. The van der Waals surface area contributed by atoms with E-state index in [0.717, 1.165) is 24.8 Å². The van der Waals surface area contributed by atoms with E-state index in [1.165, 1.54) is 12.1 Å². The second kappa shape index (κ2) is 11.6. The zero-order chi connectivity index (χ0) is 23.8. The Kier molecular flexibility index (Phi) is 8.54. The van der Waals surface area contributed by atoms with Gasteiger partial charge < -0.3 is 15.8 Å². The number of ether oxygens (including phenoxy) is 1. The summed E-state index contributed by atoms with van der Waals surface area (Å²) in [5.41, 5.74) is 7.46. The number of nitrogen functional groups attached to an aromatic ring is 1. The Bertz CT molecular complexity index is 955. The number of anilines is 1. The van der Waals surface area contributed by atoms with Gasteiger partial charge in [-0.15, -0.1) is 0 Å².